The molecule has 0 rings (SSSR count). The summed E-state index contributed by atoms with van der Waals surface area (Å²) in [5, 5.41) is 5.17. The van der Waals surface area contributed by atoms with Crippen molar-refractivity contribution < 1.29 is 4.79 Å². The summed E-state index contributed by atoms with van der Waals surface area (Å²) in [6, 6.07) is 0.0385. The summed E-state index contributed by atoms with van der Waals surface area (Å²) < 4.78 is 0. The molecule has 2 amide bonds. The lowest BCUT2D eigenvalue weighted by Crippen LogP contribution is -2.39. The Morgan fingerprint density at radius 2 is 2.22 bits per heavy atom. The van der Waals surface area contributed by atoms with Gasteiger partial charge in [-0.1, -0.05) is 0 Å². The molecular weight excluding hydrogens is 116 g/mol. The maximum absolute atomic E-state index is 10.6. The summed E-state index contributed by atoms with van der Waals surface area (Å²) in [4.78, 5) is 10.6. The van der Waals surface area contributed by atoms with Crippen molar-refractivity contribution in [3.8, 4) is 0 Å². The van der Waals surface area contributed by atoms with E-state index in [2.05, 4.69) is 17.6 Å². The van der Waals surface area contributed by atoms with Crippen LogP contribution in [0.15, 0.2) is 0 Å². The van der Waals surface area contributed by atoms with Gasteiger partial charge < -0.3 is 10.6 Å². The van der Waals surface area contributed by atoms with Gasteiger partial charge in [0, 0.05) is 12.6 Å². The average Bonchev–Trinajstić information content (AvgIpc) is 1.63. The van der Waals surface area contributed by atoms with Crippen LogP contribution in [0.4, 0.5) is 4.79 Å². The van der Waals surface area contributed by atoms with E-state index in [0.717, 1.165) is 0 Å². The molecule has 0 saturated carbocycles. The summed E-state index contributed by atoms with van der Waals surface area (Å²) in [6.07, 6.45) is 0. The fourth-order valence-electron chi connectivity index (χ4n) is 0.427. The Hall–Kier alpha value is -0.730. The molecule has 0 aromatic heterocycles. The maximum atomic E-state index is 10.6. The number of nitrogens with one attached hydrogen (secondary N) is 2. The monoisotopic (exact) mass is 129 g/mol. The second-order valence-electron chi connectivity index (χ2n) is 2.05. The Morgan fingerprint density at radius 3 is 2.56 bits per heavy atom. The van der Waals surface area contributed by atoms with Gasteiger partial charge in [-0.2, -0.15) is 0 Å². The first-order valence-electron chi connectivity index (χ1n) is 3.00. The molecule has 0 saturated heterocycles. The molecule has 53 valence electrons. The van der Waals surface area contributed by atoms with Gasteiger partial charge in [-0.05, 0) is 20.8 Å². The topological polar surface area (TPSA) is 41.1 Å². The van der Waals surface area contributed by atoms with E-state index in [0.29, 0.717) is 6.54 Å². The standard InChI is InChI=1S/C6H13N2O/c1-4-7-6(9)8-5(2)3/h5H,1,4H2,2-3H3,(H2,7,8,9). The Kier molecular flexibility index (Phi) is 3.84. The van der Waals surface area contributed by atoms with Crippen LogP contribution in [0.5, 0.6) is 0 Å². The number of urea groups is 1. The highest BCUT2D eigenvalue weighted by Gasteiger charge is 1.97. The largest absolute Gasteiger partial charge is 0.338 e. The first-order valence-corrected chi connectivity index (χ1v) is 3.00. The van der Waals surface area contributed by atoms with Gasteiger partial charge in [0.25, 0.3) is 0 Å². The third-order valence-electron chi connectivity index (χ3n) is 0.705. The van der Waals surface area contributed by atoms with Crippen molar-refractivity contribution in [3.05, 3.63) is 6.92 Å². The fraction of sp³-hybridized carbons (Fsp3) is 0.667. The third kappa shape index (κ3) is 5.14. The zero-order valence-electron chi connectivity index (χ0n) is 5.90. The molecule has 0 aromatic rings. The minimum atomic E-state index is -0.153. The maximum Gasteiger partial charge on any atom is 0.314 e. The molecule has 3 heteroatoms. The van der Waals surface area contributed by atoms with E-state index in [4.69, 9.17) is 0 Å². The fourth-order valence-corrected chi connectivity index (χ4v) is 0.427. The van der Waals surface area contributed by atoms with E-state index in [1.165, 1.54) is 0 Å². The van der Waals surface area contributed by atoms with Gasteiger partial charge >= 0.3 is 6.03 Å². The molecule has 0 heterocycles. The molecule has 0 aliphatic rings. The molecule has 0 aromatic carbocycles. The number of rotatable bonds is 2. The SMILES string of the molecule is [CH2]CNC(=O)NC(C)C. The van der Waals surface area contributed by atoms with Crippen LogP contribution in [-0.2, 0) is 0 Å². The summed E-state index contributed by atoms with van der Waals surface area (Å²) in [7, 11) is 0. The number of carbonyl (C=O) groups excluding carboxylic acids is 1. The number of amides is 2. The lowest BCUT2D eigenvalue weighted by molar-refractivity contribution is 0.239. The van der Waals surface area contributed by atoms with Crippen molar-refractivity contribution in [3.63, 3.8) is 0 Å². The molecule has 0 fully saturated rings. The van der Waals surface area contributed by atoms with E-state index in [1.54, 1.807) is 0 Å². The zero-order chi connectivity index (χ0) is 7.28. The highest BCUT2D eigenvalue weighted by molar-refractivity contribution is 5.74. The summed E-state index contributed by atoms with van der Waals surface area (Å²) in [5.74, 6) is 0. The lowest BCUT2D eigenvalue weighted by Gasteiger charge is -2.07. The normalized spacial score (nSPS) is 9.33. The van der Waals surface area contributed by atoms with Gasteiger partial charge in [0.1, 0.15) is 0 Å². The minimum absolute atomic E-state index is 0.153. The van der Waals surface area contributed by atoms with Crippen molar-refractivity contribution in [2.75, 3.05) is 6.54 Å². The Labute approximate surface area is 55.8 Å². The molecule has 0 unspecified atom stereocenters. The van der Waals surface area contributed by atoms with Gasteiger partial charge in [-0.3, -0.25) is 0 Å². The predicted octanol–water partition coefficient (Wildman–Crippen LogP) is 0.528. The van der Waals surface area contributed by atoms with Crippen LogP contribution in [0, 0.1) is 6.92 Å². The molecule has 1 radical (unpaired) electrons. The predicted molar refractivity (Wildman–Crippen MR) is 37.0 cm³/mol. The smallest absolute Gasteiger partial charge is 0.314 e. The van der Waals surface area contributed by atoms with E-state index in [-0.39, 0.29) is 12.1 Å². The molecule has 0 aliphatic carbocycles. The van der Waals surface area contributed by atoms with Crippen molar-refractivity contribution in [2.24, 2.45) is 0 Å². The van der Waals surface area contributed by atoms with Gasteiger partial charge in [-0.15, -0.1) is 0 Å². The summed E-state index contributed by atoms with van der Waals surface area (Å²) in [6.45, 7) is 7.70. The molecule has 0 aliphatic heterocycles. The average molecular weight is 129 g/mol. The molecular formula is C6H13N2O. The second-order valence-corrected chi connectivity index (χ2v) is 2.05. The van der Waals surface area contributed by atoms with Crippen LogP contribution in [0.2, 0.25) is 0 Å². The van der Waals surface area contributed by atoms with Crippen LogP contribution >= 0.6 is 0 Å². The highest BCUT2D eigenvalue weighted by atomic mass is 16.2. The van der Waals surface area contributed by atoms with Crippen LogP contribution in [0.25, 0.3) is 0 Å². The summed E-state index contributed by atoms with van der Waals surface area (Å²) in [5.41, 5.74) is 0. The van der Waals surface area contributed by atoms with Crippen LogP contribution < -0.4 is 10.6 Å². The van der Waals surface area contributed by atoms with Gasteiger partial charge in [0.2, 0.25) is 0 Å². The lowest BCUT2D eigenvalue weighted by atomic mass is 10.4. The molecule has 9 heavy (non-hydrogen) atoms. The second kappa shape index (κ2) is 4.18. The first-order chi connectivity index (χ1) is 4.16. The Bertz CT molecular complexity index is 91.1. The molecule has 2 N–H and O–H groups in total. The number of hydrogen-bond donors (Lipinski definition) is 2. The minimum Gasteiger partial charge on any atom is -0.338 e. The zero-order valence-corrected chi connectivity index (χ0v) is 5.90. The van der Waals surface area contributed by atoms with Crippen molar-refractivity contribution >= 4 is 6.03 Å². The van der Waals surface area contributed by atoms with Crippen molar-refractivity contribution in [1.82, 2.24) is 10.6 Å². The van der Waals surface area contributed by atoms with Crippen LogP contribution in [-0.4, -0.2) is 18.6 Å². The van der Waals surface area contributed by atoms with Crippen molar-refractivity contribution in [1.29, 1.82) is 0 Å². The van der Waals surface area contributed by atoms with E-state index in [1.807, 2.05) is 13.8 Å². The third-order valence-corrected chi connectivity index (χ3v) is 0.705. The van der Waals surface area contributed by atoms with Crippen molar-refractivity contribution in [2.45, 2.75) is 19.9 Å². The van der Waals surface area contributed by atoms with Crippen LogP contribution in [0.1, 0.15) is 13.8 Å². The highest BCUT2D eigenvalue weighted by Crippen LogP contribution is 1.74. The molecule has 3 nitrogen and oxygen atoms in total. The number of carbonyl (C=O) groups is 1. The first kappa shape index (κ1) is 8.27. The number of hydrogen-bond acceptors (Lipinski definition) is 1. The summed E-state index contributed by atoms with van der Waals surface area (Å²) >= 11 is 0. The van der Waals surface area contributed by atoms with Crippen LogP contribution in [0.3, 0.4) is 0 Å². The molecule has 0 atom stereocenters. The quantitative estimate of drug-likeness (QED) is 0.561. The molecule has 0 bridgehead atoms. The van der Waals surface area contributed by atoms with Gasteiger partial charge in [0.05, 0.1) is 0 Å². The van der Waals surface area contributed by atoms with E-state index >= 15 is 0 Å². The van der Waals surface area contributed by atoms with E-state index < -0.39 is 0 Å². The Balaban J connectivity index is 3.27. The van der Waals surface area contributed by atoms with Gasteiger partial charge in [-0.25, -0.2) is 4.79 Å². The Morgan fingerprint density at radius 1 is 1.67 bits per heavy atom. The van der Waals surface area contributed by atoms with Gasteiger partial charge in [0.15, 0.2) is 0 Å². The molecule has 0 spiro atoms. The van der Waals surface area contributed by atoms with E-state index in [9.17, 15) is 4.79 Å².